The number of hydrogen-bond acceptors (Lipinski definition) is 6. The fourth-order valence-electron chi connectivity index (χ4n) is 3.93. The number of likely N-dealkylation sites (tertiary alicyclic amines) is 1. The SMILES string of the molecule is CC(C)[C@H](Nc1nnc(-c2ccc(C(F)(F)F)[nH]c2=O)o1)C(=O)N1CC[C@]2(C1)CC2(F)F. The minimum absolute atomic E-state index is 0.0280. The van der Waals surface area contributed by atoms with E-state index < -0.39 is 40.7 Å². The molecule has 174 valence electrons. The number of nitrogens with one attached hydrogen (secondary N) is 2. The molecule has 2 N–H and O–H groups in total. The molecule has 1 saturated carbocycles. The summed E-state index contributed by atoms with van der Waals surface area (Å²) in [7, 11) is 0. The number of anilines is 1. The van der Waals surface area contributed by atoms with Gasteiger partial charge in [-0.15, -0.1) is 5.10 Å². The first kappa shape index (κ1) is 22.2. The molecule has 13 heteroatoms. The average Bonchev–Trinajstić information content (AvgIpc) is 3.08. The second-order valence-corrected chi connectivity index (χ2v) is 8.56. The largest absolute Gasteiger partial charge is 0.431 e. The number of aromatic nitrogens is 3. The van der Waals surface area contributed by atoms with Crippen LogP contribution in [0.15, 0.2) is 21.3 Å². The maximum Gasteiger partial charge on any atom is 0.431 e. The summed E-state index contributed by atoms with van der Waals surface area (Å²) in [6.45, 7) is 3.67. The zero-order valence-electron chi connectivity index (χ0n) is 17.1. The van der Waals surface area contributed by atoms with Gasteiger partial charge in [0.25, 0.3) is 17.4 Å². The molecule has 2 atom stereocenters. The average molecular weight is 461 g/mol. The first-order valence-electron chi connectivity index (χ1n) is 9.90. The van der Waals surface area contributed by atoms with Crippen LogP contribution < -0.4 is 10.9 Å². The number of pyridine rings is 1. The van der Waals surface area contributed by atoms with E-state index >= 15 is 0 Å². The zero-order chi connectivity index (χ0) is 23.5. The van der Waals surface area contributed by atoms with Crippen molar-refractivity contribution < 1.29 is 31.2 Å². The van der Waals surface area contributed by atoms with Crippen LogP contribution in [0.25, 0.3) is 11.5 Å². The first-order valence-corrected chi connectivity index (χ1v) is 9.90. The number of rotatable bonds is 5. The molecule has 32 heavy (non-hydrogen) atoms. The molecule has 0 bridgehead atoms. The lowest BCUT2D eigenvalue weighted by atomic mass is 10.0. The number of alkyl halides is 5. The summed E-state index contributed by atoms with van der Waals surface area (Å²) in [4.78, 5) is 28.0. The van der Waals surface area contributed by atoms with E-state index in [9.17, 15) is 31.5 Å². The van der Waals surface area contributed by atoms with Gasteiger partial charge in [-0.2, -0.15) is 13.2 Å². The van der Waals surface area contributed by atoms with Gasteiger partial charge in [0.15, 0.2) is 0 Å². The van der Waals surface area contributed by atoms with Crippen LogP contribution in [0.3, 0.4) is 0 Å². The van der Waals surface area contributed by atoms with Crippen molar-refractivity contribution in [3.63, 3.8) is 0 Å². The Labute approximate surface area is 178 Å². The van der Waals surface area contributed by atoms with E-state index in [1.54, 1.807) is 18.8 Å². The van der Waals surface area contributed by atoms with E-state index in [1.807, 2.05) is 0 Å². The molecule has 1 amide bonds. The highest BCUT2D eigenvalue weighted by molar-refractivity contribution is 5.85. The quantitative estimate of drug-likeness (QED) is 0.663. The highest BCUT2D eigenvalue weighted by Crippen LogP contribution is 2.65. The van der Waals surface area contributed by atoms with Crippen LogP contribution in [0, 0.1) is 11.3 Å². The van der Waals surface area contributed by atoms with Gasteiger partial charge < -0.3 is 19.6 Å². The molecule has 0 radical (unpaired) electrons. The Morgan fingerprint density at radius 1 is 1.28 bits per heavy atom. The summed E-state index contributed by atoms with van der Waals surface area (Å²) < 4.78 is 70.8. The van der Waals surface area contributed by atoms with Gasteiger partial charge in [0.2, 0.25) is 5.91 Å². The van der Waals surface area contributed by atoms with E-state index in [1.165, 1.54) is 4.90 Å². The zero-order valence-corrected chi connectivity index (χ0v) is 17.1. The summed E-state index contributed by atoms with van der Waals surface area (Å²) in [6.07, 6.45) is -4.71. The number of hydrogen-bond donors (Lipinski definition) is 2. The molecule has 8 nitrogen and oxygen atoms in total. The lowest BCUT2D eigenvalue weighted by molar-refractivity contribution is -0.141. The third-order valence-corrected chi connectivity index (χ3v) is 5.96. The number of nitrogens with zero attached hydrogens (tertiary/aromatic N) is 3. The number of amides is 1. The van der Waals surface area contributed by atoms with Crippen LogP contribution in [0.2, 0.25) is 0 Å². The molecule has 1 aliphatic carbocycles. The standard InChI is InChI=1S/C19H20F5N5O3/c1-9(2)12(15(31)29-6-5-17(8-29)7-18(17,20)21)26-16-28-27-14(32-16)10-3-4-11(19(22,23)24)25-13(10)30/h3-4,9,12H,5-8H2,1-2H3,(H,25,30)(H,26,28)/t12-,17+/m0/s1. The predicted octanol–water partition coefficient (Wildman–Crippen LogP) is 3.14. The monoisotopic (exact) mass is 461 g/mol. The number of H-pyrrole nitrogens is 1. The molecular formula is C19H20F5N5O3. The Kier molecular flexibility index (Phi) is 5.05. The number of carbonyl (C=O) groups excluding carboxylic acids is 1. The first-order chi connectivity index (χ1) is 14.8. The minimum Gasteiger partial charge on any atom is -0.403 e. The topological polar surface area (TPSA) is 104 Å². The van der Waals surface area contributed by atoms with Crippen molar-refractivity contribution in [1.82, 2.24) is 20.1 Å². The predicted molar refractivity (Wildman–Crippen MR) is 101 cm³/mol. The fourth-order valence-corrected chi connectivity index (χ4v) is 3.93. The van der Waals surface area contributed by atoms with E-state index in [0.29, 0.717) is 6.07 Å². The van der Waals surface area contributed by atoms with Crippen LogP contribution in [-0.4, -0.2) is 51.0 Å². The van der Waals surface area contributed by atoms with E-state index in [4.69, 9.17) is 4.42 Å². The van der Waals surface area contributed by atoms with Gasteiger partial charge in [-0.05, 0) is 24.5 Å². The molecule has 0 aromatic carbocycles. The van der Waals surface area contributed by atoms with Gasteiger partial charge in [-0.1, -0.05) is 18.9 Å². The van der Waals surface area contributed by atoms with Crippen molar-refractivity contribution in [3.05, 3.63) is 28.2 Å². The van der Waals surface area contributed by atoms with Crippen molar-refractivity contribution in [2.45, 2.75) is 44.8 Å². The van der Waals surface area contributed by atoms with Gasteiger partial charge in [-0.25, -0.2) is 8.78 Å². The van der Waals surface area contributed by atoms with E-state index in [-0.39, 0.29) is 49.3 Å². The van der Waals surface area contributed by atoms with Crippen LogP contribution in [-0.2, 0) is 11.0 Å². The molecule has 0 unspecified atom stereocenters. The van der Waals surface area contributed by atoms with Crippen LogP contribution in [0.5, 0.6) is 0 Å². The molecule has 1 spiro atoms. The maximum atomic E-state index is 13.6. The Morgan fingerprint density at radius 2 is 1.97 bits per heavy atom. The summed E-state index contributed by atoms with van der Waals surface area (Å²) in [5.41, 5.74) is -3.70. The van der Waals surface area contributed by atoms with Crippen molar-refractivity contribution in [2.75, 3.05) is 18.4 Å². The molecule has 2 aliphatic rings. The van der Waals surface area contributed by atoms with Gasteiger partial charge in [0.05, 0.1) is 5.41 Å². The van der Waals surface area contributed by atoms with Crippen molar-refractivity contribution in [3.8, 4) is 11.5 Å². The molecule has 2 fully saturated rings. The Bertz CT molecular complexity index is 1100. The lowest BCUT2D eigenvalue weighted by Crippen LogP contribution is -2.45. The third-order valence-electron chi connectivity index (χ3n) is 5.96. The highest BCUT2D eigenvalue weighted by Gasteiger charge is 2.73. The summed E-state index contributed by atoms with van der Waals surface area (Å²) in [5, 5.41) is 10.1. The third kappa shape index (κ3) is 3.84. The minimum atomic E-state index is -4.72. The molecule has 4 rings (SSSR count). The maximum absolute atomic E-state index is 13.6. The Hall–Kier alpha value is -2.99. The second kappa shape index (κ2) is 7.27. The highest BCUT2D eigenvalue weighted by atomic mass is 19.4. The van der Waals surface area contributed by atoms with Gasteiger partial charge in [0, 0.05) is 19.5 Å². The molecule has 2 aromatic heterocycles. The normalized spacial score (nSPS) is 23.1. The van der Waals surface area contributed by atoms with E-state index in [2.05, 4.69) is 15.5 Å². The van der Waals surface area contributed by atoms with Crippen molar-refractivity contribution >= 4 is 11.9 Å². The molecule has 1 aliphatic heterocycles. The number of halogens is 5. The smallest absolute Gasteiger partial charge is 0.403 e. The van der Waals surface area contributed by atoms with Gasteiger partial charge >= 0.3 is 12.2 Å². The Balaban J connectivity index is 1.49. The van der Waals surface area contributed by atoms with E-state index in [0.717, 1.165) is 6.07 Å². The van der Waals surface area contributed by atoms with Crippen molar-refractivity contribution in [1.29, 1.82) is 0 Å². The summed E-state index contributed by atoms with van der Waals surface area (Å²) >= 11 is 0. The summed E-state index contributed by atoms with van der Waals surface area (Å²) in [5.74, 6) is -3.76. The number of carbonyl (C=O) groups is 1. The van der Waals surface area contributed by atoms with Crippen LogP contribution in [0.4, 0.5) is 28.0 Å². The number of aromatic amines is 1. The molecule has 2 aromatic rings. The Morgan fingerprint density at radius 3 is 2.50 bits per heavy atom. The summed E-state index contributed by atoms with van der Waals surface area (Å²) in [6, 6.07) is 0.489. The second-order valence-electron chi connectivity index (χ2n) is 8.56. The van der Waals surface area contributed by atoms with Crippen molar-refractivity contribution in [2.24, 2.45) is 11.3 Å². The molecule has 1 saturated heterocycles. The molecular weight excluding hydrogens is 441 g/mol. The fraction of sp³-hybridized carbons (Fsp3) is 0.579. The lowest BCUT2D eigenvalue weighted by Gasteiger charge is -2.26. The van der Waals surface area contributed by atoms with Crippen LogP contribution in [0.1, 0.15) is 32.4 Å². The molecule has 3 heterocycles. The van der Waals surface area contributed by atoms with Crippen LogP contribution >= 0.6 is 0 Å². The van der Waals surface area contributed by atoms with Gasteiger partial charge in [0.1, 0.15) is 17.3 Å². The van der Waals surface area contributed by atoms with Gasteiger partial charge in [-0.3, -0.25) is 9.59 Å².